The lowest BCUT2D eigenvalue weighted by atomic mass is 9.92. The van der Waals surface area contributed by atoms with E-state index in [4.69, 9.17) is 9.97 Å². The largest absolute Gasteiger partial charge is 0.354 e. The molecular weight excluding hydrogens is 672 g/mol. The minimum atomic E-state index is 0.867. The van der Waals surface area contributed by atoms with Crippen molar-refractivity contribution in [1.82, 2.24) is 19.9 Å². The first-order chi connectivity index (χ1) is 21.1. The zero-order valence-electron chi connectivity index (χ0n) is 25.6. The van der Waals surface area contributed by atoms with E-state index in [1.54, 1.807) is 0 Å². The minimum absolute atomic E-state index is 0.867. The van der Waals surface area contributed by atoms with Gasteiger partial charge in [-0.3, -0.25) is 0 Å². The van der Waals surface area contributed by atoms with Gasteiger partial charge in [0, 0.05) is 22.2 Å². The van der Waals surface area contributed by atoms with Gasteiger partial charge in [-0.25, -0.2) is 9.97 Å². The monoisotopic (exact) mass is 702 g/mol. The fourth-order valence-corrected chi connectivity index (χ4v) is 7.72. The average molecular weight is 705 g/mol. The van der Waals surface area contributed by atoms with E-state index in [0.717, 1.165) is 64.9 Å². The molecule has 0 spiro atoms. The van der Waals surface area contributed by atoms with E-state index in [-0.39, 0.29) is 0 Å². The van der Waals surface area contributed by atoms with Gasteiger partial charge in [0.1, 0.15) is 0 Å². The molecule has 4 nitrogen and oxygen atoms in total. The first-order valence-electron chi connectivity index (χ1n) is 14.7. The molecule has 0 saturated carbocycles. The smallest absolute Gasteiger partial charge is 0.0801 e. The molecule has 2 aliphatic heterocycles. The lowest BCUT2D eigenvalue weighted by Crippen LogP contribution is -1.96. The number of hydrogen-bond donors (Lipinski definition) is 2. The molecule has 7 rings (SSSR count). The number of fused-ring (bicyclic) bond motifs is 8. The summed E-state index contributed by atoms with van der Waals surface area (Å²) in [5, 5.41) is 0. The van der Waals surface area contributed by atoms with Crippen LogP contribution in [0.3, 0.4) is 0 Å². The number of aryl methyl sites for hydroxylation is 6. The third-order valence-electron chi connectivity index (χ3n) is 8.48. The Hall–Kier alpha value is -4.00. The van der Waals surface area contributed by atoms with Gasteiger partial charge in [0.2, 0.25) is 0 Å². The summed E-state index contributed by atoms with van der Waals surface area (Å²) in [6.07, 6.45) is 8.37. The van der Waals surface area contributed by atoms with E-state index in [9.17, 15) is 0 Å². The van der Waals surface area contributed by atoms with Gasteiger partial charge in [0.25, 0.3) is 0 Å². The summed E-state index contributed by atoms with van der Waals surface area (Å²) in [6, 6.07) is 17.5. The number of aromatic nitrogens is 4. The van der Waals surface area contributed by atoms with Crippen molar-refractivity contribution in [2.45, 2.75) is 41.5 Å². The van der Waals surface area contributed by atoms with E-state index in [1.807, 2.05) is 0 Å². The third kappa shape index (κ3) is 4.81. The highest BCUT2D eigenvalue weighted by molar-refractivity contribution is 9.11. The Morgan fingerprint density at radius 2 is 0.773 bits per heavy atom. The molecule has 5 aromatic rings. The predicted molar refractivity (Wildman–Crippen MR) is 194 cm³/mol. The number of nitrogens with one attached hydrogen (secondary N) is 2. The molecule has 0 aliphatic carbocycles. The fraction of sp³-hybridized carbons (Fsp3) is 0.158. The quantitative estimate of drug-likeness (QED) is 0.188. The molecule has 0 amide bonds. The highest BCUT2D eigenvalue weighted by Crippen LogP contribution is 2.39. The van der Waals surface area contributed by atoms with Crippen LogP contribution in [0.25, 0.3) is 68.6 Å². The maximum Gasteiger partial charge on any atom is 0.0801 e. The maximum atomic E-state index is 5.18. The van der Waals surface area contributed by atoms with Gasteiger partial charge >= 0.3 is 0 Å². The molecular formula is C38H32Br2N4. The molecule has 0 atom stereocenters. The molecule has 8 bridgehead atoms. The number of rotatable bonds is 2. The van der Waals surface area contributed by atoms with Crippen LogP contribution in [0.2, 0.25) is 0 Å². The van der Waals surface area contributed by atoms with Crippen molar-refractivity contribution in [3.8, 4) is 22.3 Å². The molecule has 0 saturated heterocycles. The van der Waals surface area contributed by atoms with E-state index >= 15 is 0 Å². The summed E-state index contributed by atoms with van der Waals surface area (Å²) in [5.41, 5.74) is 19.5. The van der Waals surface area contributed by atoms with Gasteiger partial charge in [0.15, 0.2) is 0 Å². The Morgan fingerprint density at radius 1 is 0.432 bits per heavy atom. The molecule has 2 N–H and O–H groups in total. The van der Waals surface area contributed by atoms with Gasteiger partial charge in [0.05, 0.1) is 42.8 Å². The molecule has 0 radical (unpaired) electrons. The van der Waals surface area contributed by atoms with Crippen LogP contribution < -0.4 is 0 Å². The van der Waals surface area contributed by atoms with Crippen molar-refractivity contribution in [3.63, 3.8) is 0 Å². The summed E-state index contributed by atoms with van der Waals surface area (Å²) in [4.78, 5) is 17.8. The number of halogens is 2. The van der Waals surface area contributed by atoms with Crippen molar-refractivity contribution in [1.29, 1.82) is 0 Å². The second-order valence-corrected chi connectivity index (χ2v) is 13.5. The molecule has 6 heteroatoms. The molecule has 2 aromatic carbocycles. The summed E-state index contributed by atoms with van der Waals surface area (Å²) >= 11 is 7.81. The van der Waals surface area contributed by atoms with Crippen molar-refractivity contribution in [3.05, 3.63) is 114 Å². The lowest BCUT2D eigenvalue weighted by Gasteiger charge is -2.13. The fourth-order valence-electron chi connectivity index (χ4n) is 6.81. The van der Waals surface area contributed by atoms with Crippen molar-refractivity contribution in [2.24, 2.45) is 0 Å². The number of hydrogen-bond acceptors (Lipinski definition) is 2. The second kappa shape index (κ2) is 10.9. The van der Waals surface area contributed by atoms with E-state index in [2.05, 4.69) is 156 Å². The highest BCUT2D eigenvalue weighted by Gasteiger charge is 2.20. The van der Waals surface area contributed by atoms with Crippen LogP contribution in [0.1, 0.15) is 56.2 Å². The van der Waals surface area contributed by atoms with Crippen LogP contribution in [0.5, 0.6) is 0 Å². The molecule has 44 heavy (non-hydrogen) atoms. The first-order valence-corrected chi connectivity index (χ1v) is 16.3. The second-order valence-electron chi connectivity index (χ2n) is 11.9. The minimum Gasteiger partial charge on any atom is -0.354 e. The molecule has 5 heterocycles. The maximum absolute atomic E-state index is 5.18. The van der Waals surface area contributed by atoms with Crippen molar-refractivity contribution in [2.75, 3.05) is 0 Å². The average Bonchev–Trinajstić information content (AvgIpc) is 3.78. The van der Waals surface area contributed by atoms with E-state index in [1.165, 1.54) is 44.5 Å². The predicted octanol–water partition coefficient (Wildman–Crippen LogP) is 11.4. The van der Waals surface area contributed by atoms with Gasteiger partial charge in [-0.15, -0.1) is 0 Å². The SMILES string of the molecule is Cc1cc(C)c(-c2c3nc(c(Br)c4ccc([nH]4)c(-c4c(C)cc(C)cc4C)c4ccc([nH]4)c(Br)c4nc2C=C4)C=C3)c(C)c1. The van der Waals surface area contributed by atoms with Crippen LogP contribution in [-0.4, -0.2) is 19.9 Å². The summed E-state index contributed by atoms with van der Waals surface area (Å²) in [7, 11) is 0. The zero-order valence-corrected chi connectivity index (χ0v) is 28.8. The molecule has 2 aliphatic rings. The normalized spacial score (nSPS) is 12.4. The summed E-state index contributed by atoms with van der Waals surface area (Å²) < 4.78 is 1.82. The standard InChI is InChI=1S/C38H32Br2N4/c1-19-15-21(3)33(22(4)16-19)35-25-7-11-29(41-25)37(39)31-13-9-27(43-31)36(34-23(5)17-20(2)18-24(34)6)28-10-14-32(44-28)38(40)30-12-8-26(35)42-30/h7-18,41-42H,1-6H3. The van der Waals surface area contributed by atoms with Gasteiger partial charge in [-0.2, -0.15) is 0 Å². The number of benzene rings is 2. The Bertz CT molecular complexity index is 2120. The molecule has 218 valence electrons. The van der Waals surface area contributed by atoms with Crippen LogP contribution in [-0.2, 0) is 0 Å². The topological polar surface area (TPSA) is 57.4 Å². The lowest BCUT2D eigenvalue weighted by molar-refractivity contribution is 1.24. The van der Waals surface area contributed by atoms with Crippen LogP contribution in [0.15, 0.2) is 57.5 Å². The van der Waals surface area contributed by atoms with Crippen LogP contribution >= 0.6 is 31.9 Å². The van der Waals surface area contributed by atoms with Gasteiger partial charge < -0.3 is 9.97 Å². The van der Waals surface area contributed by atoms with Crippen LogP contribution in [0, 0.1) is 41.5 Å². The summed E-state index contributed by atoms with van der Waals surface area (Å²) in [5.74, 6) is 0. The number of aromatic amines is 2. The Kier molecular flexibility index (Phi) is 7.10. The van der Waals surface area contributed by atoms with E-state index < -0.39 is 0 Å². The zero-order chi connectivity index (χ0) is 30.9. The third-order valence-corrected chi connectivity index (χ3v) is 10.1. The van der Waals surface area contributed by atoms with Gasteiger partial charge in [-0.1, -0.05) is 35.4 Å². The Balaban J connectivity index is 1.65. The first kappa shape index (κ1) is 28.8. The molecule has 0 fully saturated rings. The van der Waals surface area contributed by atoms with Crippen molar-refractivity contribution < 1.29 is 0 Å². The van der Waals surface area contributed by atoms with Gasteiger partial charge in [-0.05, 0) is 155 Å². The summed E-state index contributed by atoms with van der Waals surface area (Å²) in [6.45, 7) is 13.0. The Labute approximate surface area is 274 Å². The number of nitrogens with zero attached hydrogens (tertiary/aromatic N) is 2. The highest BCUT2D eigenvalue weighted by atomic mass is 79.9. The Morgan fingerprint density at radius 3 is 1.18 bits per heavy atom. The number of H-pyrrole nitrogens is 2. The molecule has 0 unspecified atom stereocenters. The van der Waals surface area contributed by atoms with Crippen LogP contribution in [0.4, 0.5) is 0 Å². The van der Waals surface area contributed by atoms with E-state index in [0.29, 0.717) is 0 Å². The molecule has 3 aromatic heterocycles. The van der Waals surface area contributed by atoms with Crippen molar-refractivity contribution >= 4 is 78.2 Å².